The summed E-state index contributed by atoms with van der Waals surface area (Å²) in [6.07, 6.45) is 7.26. The van der Waals surface area contributed by atoms with Gasteiger partial charge in [-0.15, -0.1) is 0 Å². The van der Waals surface area contributed by atoms with E-state index in [1.54, 1.807) is 4.90 Å². The Bertz CT molecular complexity index is 462. The van der Waals surface area contributed by atoms with Crippen LogP contribution in [0.2, 0.25) is 0 Å². The second-order valence-electron chi connectivity index (χ2n) is 7.25. The monoisotopic (exact) mass is 324 g/mol. The van der Waals surface area contributed by atoms with E-state index in [1.807, 2.05) is 6.92 Å². The van der Waals surface area contributed by atoms with Crippen LogP contribution in [0, 0.1) is 11.3 Å². The number of carbonyl (C=O) groups excluding carboxylic acids is 1. The van der Waals surface area contributed by atoms with Crippen molar-refractivity contribution in [3.05, 3.63) is 0 Å². The molecule has 0 radical (unpaired) electrons. The van der Waals surface area contributed by atoms with E-state index in [0.29, 0.717) is 19.5 Å². The lowest BCUT2D eigenvalue weighted by Crippen LogP contribution is -2.65. The summed E-state index contributed by atoms with van der Waals surface area (Å²) in [5.41, 5.74) is 0.119. The average Bonchev–Trinajstić information content (AvgIpc) is 3.06. The van der Waals surface area contributed by atoms with E-state index in [-0.39, 0.29) is 23.6 Å². The van der Waals surface area contributed by atoms with Crippen molar-refractivity contribution in [2.75, 3.05) is 19.7 Å². The Kier molecular flexibility index (Phi) is 4.80. The Morgan fingerprint density at radius 3 is 2.70 bits per heavy atom. The van der Waals surface area contributed by atoms with Crippen LogP contribution in [-0.4, -0.2) is 53.8 Å². The first kappa shape index (κ1) is 16.6. The lowest BCUT2D eigenvalue weighted by Gasteiger charge is -2.54. The molecule has 1 spiro atoms. The van der Waals surface area contributed by atoms with Crippen molar-refractivity contribution in [2.45, 2.75) is 64.0 Å². The summed E-state index contributed by atoms with van der Waals surface area (Å²) in [7, 11) is 0. The zero-order valence-electron chi connectivity index (χ0n) is 13.9. The van der Waals surface area contributed by atoms with Crippen LogP contribution >= 0.6 is 0 Å². The van der Waals surface area contributed by atoms with Crippen molar-refractivity contribution >= 4 is 12.0 Å². The molecule has 130 valence electrons. The van der Waals surface area contributed by atoms with E-state index in [1.165, 1.54) is 12.8 Å². The van der Waals surface area contributed by atoms with Gasteiger partial charge < -0.3 is 20.1 Å². The fourth-order valence-corrected chi connectivity index (χ4v) is 4.69. The van der Waals surface area contributed by atoms with Crippen LogP contribution in [0.5, 0.6) is 0 Å². The third-order valence-corrected chi connectivity index (χ3v) is 6.04. The maximum Gasteiger partial charge on any atom is 0.317 e. The molecule has 3 atom stereocenters. The van der Waals surface area contributed by atoms with Crippen LogP contribution < -0.4 is 5.32 Å². The molecule has 6 nitrogen and oxygen atoms in total. The van der Waals surface area contributed by atoms with Crippen LogP contribution in [0.1, 0.15) is 51.9 Å². The van der Waals surface area contributed by atoms with Crippen molar-refractivity contribution in [1.82, 2.24) is 10.2 Å². The topological polar surface area (TPSA) is 78.9 Å². The molecule has 0 bridgehead atoms. The van der Waals surface area contributed by atoms with Gasteiger partial charge in [0, 0.05) is 31.2 Å². The molecule has 0 aromatic carbocycles. The van der Waals surface area contributed by atoms with Crippen molar-refractivity contribution < 1.29 is 19.4 Å². The van der Waals surface area contributed by atoms with Crippen molar-refractivity contribution in [3.63, 3.8) is 0 Å². The van der Waals surface area contributed by atoms with E-state index < -0.39 is 11.9 Å². The molecule has 3 aliphatic rings. The molecule has 2 saturated carbocycles. The zero-order valence-corrected chi connectivity index (χ0v) is 13.9. The zero-order chi connectivity index (χ0) is 16.4. The van der Waals surface area contributed by atoms with E-state index >= 15 is 0 Å². The van der Waals surface area contributed by atoms with Crippen molar-refractivity contribution in [2.24, 2.45) is 11.3 Å². The number of hydrogen-bond acceptors (Lipinski definition) is 3. The highest BCUT2D eigenvalue weighted by Crippen LogP contribution is 2.54. The Morgan fingerprint density at radius 2 is 2.04 bits per heavy atom. The summed E-state index contributed by atoms with van der Waals surface area (Å²) in [6, 6.07) is 0.0847. The molecule has 6 heteroatoms. The van der Waals surface area contributed by atoms with Gasteiger partial charge in [0.2, 0.25) is 0 Å². The van der Waals surface area contributed by atoms with Crippen molar-refractivity contribution in [1.29, 1.82) is 0 Å². The molecule has 2 aliphatic carbocycles. The first-order valence-electron chi connectivity index (χ1n) is 8.96. The second kappa shape index (κ2) is 6.67. The smallest absolute Gasteiger partial charge is 0.317 e. The summed E-state index contributed by atoms with van der Waals surface area (Å²) in [4.78, 5) is 25.4. The summed E-state index contributed by atoms with van der Waals surface area (Å²) in [5, 5.41) is 12.3. The molecule has 0 aromatic rings. The highest BCUT2D eigenvalue weighted by Gasteiger charge is 2.57. The van der Waals surface area contributed by atoms with Crippen LogP contribution in [0.3, 0.4) is 0 Å². The molecule has 1 aliphatic heterocycles. The van der Waals surface area contributed by atoms with Gasteiger partial charge in [0.1, 0.15) is 0 Å². The van der Waals surface area contributed by atoms with Gasteiger partial charge in [-0.05, 0) is 39.0 Å². The molecular weight excluding hydrogens is 296 g/mol. The maximum atomic E-state index is 12.6. The van der Waals surface area contributed by atoms with Crippen LogP contribution in [0.15, 0.2) is 0 Å². The lowest BCUT2D eigenvalue weighted by atomic mass is 9.60. The number of ether oxygens (including phenoxy) is 1. The summed E-state index contributed by atoms with van der Waals surface area (Å²) in [6.45, 7) is 3.73. The molecule has 1 saturated heterocycles. The third kappa shape index (κ3) is 3.05. The van der Waals surface area contributed by atoms with E-state index in [2.05, 4.69) is 5.32 Å². The standard InChI is InChI=1S/C17H28N2O4/c1-2-23-14-10-13(17(14)7-3-4-8-17)18-16(22)19-9-5-6-12(11-19)15(20)21/h12-14H,2-11H2,1H3,(H,18,22)(H,20,21). The van der Waals surface area contributed by atoms with Crippen molar-refractivity contribution in [3.8, 4) is 0 Å². The molecule has 3 unspecified atom stereocenters. The molecule has 1 heterocycles. The van der Waals surface area contributed by atoms with Crippen LogP contribution in [-0.2, 0) is 9.53 Å². The minimum absolute atomic E-state index is 0.0952. The fourth-order valence-electron chi connectivity index (χ4n) is 4.69. The number of carboxylic acid groups (broad SMARTS) is 1. The number of carbonyl (C=O) groups is 2. The Morgan fingerprint density at radius 1 is 1.30 bits per heavy atom. The van der Waals surface area contributed by atoms with Gasteiger partial charge in [-0.2, -0.15) is 0 Å². The minimum Gasteiger partial charge on any atom is -0.481 e. The summed E-state index contributed by atoms with van der Waals surface area (Å²) in [5.74, 6) is -1.22. The Hall–Kier alpha value is -1.30. The molecule has 2 amide bonds. The number of likely N-dealkylation sites (tertiary alicyclic amines) is 1. The predicted octanol–water partition coefficient (Wildman–Crippen LogP) is 2.23. The van der Waals surface area contributed by atoms with Gasteiger partial charge in [-0.3, -0.25) is 4.79 Å². The normalized spacial score (nSPS) is 32.6. The largest absolute Gasteiger partial charge is 0.481 e. The number of urea groups is 1. The molecule has 3 fully saturated rings. The molecule has 2 N–H and O–H groups in total. The van der Waals surface area contributed by atoms with E-state index in [0.717, 1.165) is 32.3 Å². The summed E-state index contributed by atoms with van der Waals surface area (Å²) < 4.78 is 5.88. The Labute approximate surface area is 137 Å². The highest BCUT2D eigenvalue weighted by atomic mass is 16.5. The number of piperidine rings is 1. The summed E-state index contributed by atoms with van der Waals surface area (Å²) >= 11 is 0. The van der Waals surface area contributed by atoms with Crippen LogP contribution in [0.25, 0.3) is 0 Å². The second-order valence-corrected chi connectivity index (χ2v) is 7.25. The number of aliphatic carboxylic acids is 1. The average molecular weight is 324 g/mol. The van der Waals surface area contributed by atoms with E-state index in [4.69, 9.17) is 9.84 Å². The number of nitrogens with zero attached hydrogens (tertiary/aromatic N) is 1. The molecule has 0 aromatic heterocycles. The fraction of sp³-hybridized carbons (Fsp3) is 0.882. The molecular formula is C17H28N2O4. The van der Waals surface area contributed by atoms with E-state index in [9.17, 15) is 9.59 Å². The number of hydrogen-bond donors (Lipinski definition) is 2. The maximum absolute atomic E-state index is 12.6. The SMILES string of the molecule is CCOC1CC(NC(=O)N2CCCC(C(=O)O)C2)C12CCCC2. The Balaban J connectivity index is 1.58. The molecule has 3 rings (SSSR count). The quantitative estimate of drug-likeness (QED) is 0.831. The number of amides is 2. The first-order chi connectivity index (χ1) is 11.1. The third-order valence-electron chi connectivity index (χ3n) is 6.04. The van der Waals surface area contributed by atoms with Gasteiger partial charge >= 0.3 is 12.0 Å². The van der Waals surface area contributed by atoms with Gasteiger partial charge in [0.25, 0.3) is 0 Å². The number of rotatable bonds is 4. The highest BCUT2D eigenvalue weighted by molar-refractivity contribution is 5.77. The lowest BCUT2D eigenvalue weighted by molar-refractivity contribution is -0.143. The number of carboxylic acids is 1. The van der Waals surface area contributed by atoms with Gasteiger partial charge in [-0.25, -0.2) is 4.79 Å². The van der Waals surface area contributed by atoms with Gasteiger partial charge in [0.15, 0.2) is 0 Å². The van der Waals surface area contributed by atoms with Gasteiger partial charge in [-0.1, -0.05) is 12.8 Å². The predicted molar refractivity (Wildman–Crippen MR) is 85.2 cm³/mol. The minimum atomic E-state index is -0.796. The van der Waals surface area contributed by atoms with Gasteiger partial charge in [0.05, 0.1) is 12.0 Å². The van der Waals surface area contributed by atoms with Crippen LogP contribution in [0.4, 0.5) is 4.79 Å². The molecule has 23 heavy (non-hydrogen) atoms. The first-order valence-corrected chi connectivity index (χ1v) is 8.96. The number of nitrogens with one attached hydrogen (secondary N) is 1.